The van der Waals surface area contributed by atoms with Gasteiger partial charge >= 0.3 is 0 Å². The largest absolute Gasteiger partial charge is 0.373 e. The molecule has 6 nitrogen and oxygen atoms in total. The van der Waals surface area contributed by atoms with Crippen molar-refractivity contribution in [2.24, 2.45) is 10.4 Å². The maximum absolute atomic E-state index is 11.7. The number of likely N-dealkylation sites (tertiary alicyclic amines) is 1. The summed E-state index contributed by atoms with van der Waals surface area (Å²) in [5, 5.41) is 6.65. The molecule has 2 heterocycles. The molecule has 7 heteroatoms. The van der Waals surface area contributed by atoms with Gasteiger partial charge in [0.1, 0.15) is 0 Å². The number of carbonyl (C=O) groups excluding carboxylic acids is 1. The Morgan fingerprint density at radius 2 is 2.04 bits per heavy atom. The molecule has 1 saturated carbocycles. The number of carbonyl (C=O) groups is 1. The van der Waals surface area contributed by atoms with Crippen LogP contribution in [0.25, 0.3) is 0 Å². The fourth-order valence-electron chi connectivity index (χ4n) is 4.89. The van der Waals surface area contributed by atoms with Gasteiger partial charge in [0.25, 0.3) is 0 Å². The summed E-state index contributed by atoms with van der Waals surface area (Å²) in [5.41, 5.74) is 0.0523. The van der Waals surface area contributed by atoms with Crippen molar-refractivity contribution in [3.63, 3.8) is 0 Å². The maximum atomic E-state index is 11.7. The molecule has 3 fully saturated rings. The van der Waals surface area contributed by atoms with Crippen LogP contribution in [0.1, 0.15) is 64.7 Å². The summed E-state index contributed by atoms with van der Waals surface area (Å²) >= 11 is 0. The Hall–Kier alpha value is -0.570. The number of rotatable bonds is 5. The van der Waals surface area contributed by atoms with Crippen LogP contribution < -0.4 is 10.6 Å². The standard InChI is InChI=1S/C20H36N4O2.HI/c1-3-12-26-20(9-5-4-6-10-20)15-23-18(21-2)24-11-7-8-19(16-24)13-17(25)22-14-19;/h3-16H2,1-2H3,(H,21,23)(H,22,25);1H. The molecular weight excluding hydrogens is 455 g/mol. The van der Waals surface area contributed by atoms with E-state index in [-0.39, 0.29) is 40.9 Å². The van der Waals surface area contributed by atoms with Crippen LogP contribution in [0.4, 0.5) is 0 Å². The van der Waals surface area contributed by atoms with Crippen molar-refractivity contribution >= 4 is 35.8 Å². The molecule has 0 radical (unpaired) electrons. The summed E-state index contributed by atoms with van der Waals surface area (Å²) in [6.07, 6.45) is 10.1. The second-order valence-corrected chi connectivity index (χ2v) is 8.47. The minimum Gasteiger partial charge on any atom is -0.373 e. The molecule has 1 unspecified atom stereocenters. The smallest absolute Gasteiger partial charge is 0.220 e. The van der Waals surface area contributed by atoms with E-state index in [9.17, 15) is 4.79 Å². The highest BCUT2D eigenvalue weighted by Crippen LogP contribution is 2.36. The quantitative estimate of drug-likeness (QED) is 0.352. The Morgan fingerprint density at radius 1 is 1.26 bits per heavy atom. The van der Waals surface area contributed by atoms with Crippen molar-refractivity contribution in [2.75, 3.05) is 39.8 Å². The lowest BCUT2D eigenvalue weighted by Crippen LogP contribution is -2.54. The molecule has 1 spiro atoms. The average Bonchev–Trinajstić information content (AvgIpc) is 3.01. The highest BCUT2D eigenvalue weighted by atomic mass is 127. The molecule has 2 saturated heterocycles. The van der Waals surface area contributed by atoms with E-state index in [1.54, 1.807) is 0 Å². The molecule has 27 heavy (non-hydrogen) atoms. The van der Waals surface area contributed by atoms with Crippen LogP contribution in [0, 0.1) is 5.41 Å². The van der Waals surface area contributed by atoms with E-state index >= 15 is 0 Å². The zero-order valence-corrected chi connectivity index (χ0v) is 19.3. The molecule has 2 N–H and O–H groups in total. The van der Waals surface area contributed by atoms with E-state index in [0.29, 0.717) is 6.42 Å². The number of hydrogen-bond donors (Lipinski definition) is 2. The van der Waals surface area contributed by atoms with E-state index in [4.69, 9.17) is 4.74 Å². The van der Waals surface area contributed by atoms with Gasteiger partial charge in [0, 0.05) is 51.7 Å². The molecule has 1 atom stereocenters. The van der Waals surface area contributed by atoms with Crippen molar-refractivity contribution in [2.45, 2.75) is 70.3 Å². The number of aliphatic imine (C=N–C) groups is 1. The Kier molecular flexibility index (Phi) is 8.65. The average molecular weight is 492 g/mol. The first-order valence-electron chi connectivity index (χ1n) is 10.5. The van der Waals surface area contributed by atoms with Gasteiger partial charge in [0.2, 0.25) is 5.91 Å². The molecular formula is C20H37IN4O2. The molecule has 1 aliphatic carbocycles. The fraction of sp³-hybridized carbons (Fsp3) is 0.900. The predicted octanol–water partition coefficient (Wildman–Crippen LogP) is 2.91. The van der Waals surface area contributed by atoms with Crippen molar-refractivity contribution < 1.29 is 9.53 Å². The molecule has 3 rings (SSSR count). The number of nitrogens with one attached hydrogen (secondary N) is 2. The lowest BCUT2D eigenvalue weighted by molar-refractivity contribution is -0.119. The van der Waals surface area contributed by atoms with Crippen LogP contribution in [-0.2, 0) is 9.53 Å². The summed E-state index contributed by atoms with van der Waals surface area (Å²) < 4.78 is 6.32. The van der Waals surface area contributed by atoms with Crippen LogP contribution in [0.2, 0.25) is 0 Å². The van der Waals surface area contributed by atoms with Gasteiger partial charge in [-0.1, -0.05) is 26.2 Å². The first-order chi connectivity index (χ1) is 12.6. The highest BCUT2D eigenvalue weighted by Gasteiger charge is 2.42. The van der Waals surface area contributed by atoms with E-state index in [1.807, 2.05) is 7.05 Å². The minimum atomic E-state index is -0.0391. The molecule has 156 valence electrons. The van der Waals surface area contributed by atoms with Gasteiger partial charge < -0.3 is 20.3 Å². The molecule has 0 aromatic rings. The van der Waals surface area contributed by atoms with Gasteiger partial charge in [-0.05, 0) is 32.1 Å². The zero-order valence-electron chi connectivity index (χ0n) is 17.0. The minimum absolute atomic E-state index is 0. The van der Waals surface area contributed by atoms with Gasteiger partial charge in [0.15, 0.2) is 5.96 Å². The summed E-state index contributed by atoms with van der Waals surface area (Å²) in [4.78, 5) is 18.6. The van der Waals surface area contributed by atoms with Gasteiger partial charge in [-0.2, -0.15) is 0 Å². The maximum Gasteiger partial charge on any atom is 0.220 e. The summed E-state index contributed by atoms with van der Waals surface area (Å²) in [7, 11) is 1.86. The molecule has 0 bridgehead atoms. The third-order valence-electron chi connectivity index (χ3n) is 6.31. The van der Waals surface area contributed by atoms with Crippen molar-refractivity contribution in [1.29, 1.82) is 0 Å². The number of guanidine groups is 1. The van der Waals surface area contributed by atoms with Crippen molar-refractivity contribution in [1.82, 2.24) is 15.5 Å². The lowest BCUT2D eigenvalue weighted by Gasteiger charge is -2.42. The Bertz CT molecular complexity index is 522. The highest BCUT2D eigenvalue weighted by molar-refractivity contribution is 14.0. The van der Waals surface area contributed by atoms with Crippen LogP contribution in [0.15, 0.2) is 4.99 Å². The third-order valence-corrected chi connectivity index (χ3v) is 6.31. The lowest BCUT2D eigenvalue weighted by atomic mass is 9.79. The number of amides is 1. The van der Waals surface area contributed by atoms with Gasteiger partial charge in [-0.15, -0.1) is 24.0 Å². The normalized spacial score (nSPS) is 28.0. The molecule has 2 aliphatic heterocycles. The van der Waals surface area contributed by atoms with Crippen LogP contribution >= 0.6 is 24.0 Å². The molecule has 0 aromatic carbocycles. The number of nitrogens with zero attached hydrogens (tertiary/aromatic N) is 2. The van der Waals surface area contributed by atoms with Crippen LogP contribution in [0.5, 0.6) is 0 Å². The first-order valence-corrected chi connectivity index (χ1v) is 10.5. The second-order valence-electron chi connectivity index (χ2n) is 8.47. The van der Waals surface area contributed by atoms with Crippen LogP contribution in [0.3, 0.4) is 0 Å². The van der Waals surface area contributed by atoms with E-state index in [2.05, 4.69) is 27.4 Å². The number of halogens is 1. The van der Waals surface area contributed by atoms with Gasteiger partial charge in [0.05, 0.1) is 5.60 Å². The second kappa shape index (κ2) is 10.3. The van der Waals surface area contributed by atoms with E-state index in [1.165, 1.54) is 19.3 Å². The Morgan fingerprint density at radius 3 is 2.67 bits per heavy atom. The number of hydrogen-bond acceptors (Lipinski definition) is 3. The summed E-state index contributed by atoms with van der Waals surface area (Å²) in [6, 6.07) is 0. The first kappa shape index (κ1) is 22.7. The Labute approximate surface area is 181 Å². The van der Waals surface area contributed by atoms with Crippen LogP contribution in [-0.4, -0.2) is 62.2 Å². The SMILES string of the molecule is CCCOC1(CNC(=NC)N2CCCC3(CNC(=O)C3)C2)CCCCC1.I. The Balaban J connectivity index is 0.00000261. The molecule has 0 aromatic heterocycles. The van der Waals surface area contributed by atoms with Crippen molar-refractivity contribution in [3.05, 3.63) is 0 Å². The van der Waals surface area contributed by atoms with E-state index in [0.717, 1.165) is 70.8 Å². The number of piperidine rings is 1. The third kappa shape index (κ3) is 5.71. The fourth-order valence-corrected chi connectivity index (χ4v) is 4.89. The van der Waals surface area contributed by atoms with Crippen molar-refractivity contribution in [3.8, 4) is 0 Å². The van der Waals surface area contributed by atoms with Gasteiger partial charge in [-0.3, -0.25) is 9.79 Å². The molecule has 1 amide bonds. The number of ether oxygens (including phenoxy) is 1. The molecule has 3 aliphatic rings. The topological polar surface area (TPSA) is 66.0 Å². The predicted molar refractivity (Wildman–Crippen MR) is 120 cm³/mol. The summed E-state index contributed by atoms with van der Waals surface area (Å²) in [5.74, 6) is 1.16. The monoisotopic (exact) mass is 492 g/mol. The zero-order chi connectivity index (χ0) is 18.5. The van der Waals surface area contributed by atoms with E-state index < -0.39 is 0 Å². The summed E-state index contributed by atoms with van der Waals surface area (Å²) in [6.45, 7) is 6.57. The van der Waals surface area contributed by atoms with Gasteiger partial charge in [-0.25, -0.2) is 0 Å².